The number of hydrogen-bond donors (Lipinski definition) is 1. The molecule has 0 unspecified atom stereocenters. The van der Waals surface area contributed by atoms with Crippen molar-refractivity contribution in [2.45, 2.75) is 24.7 Å². The SMILES string of the molecule is CSc1nc2c(s1)c(=O)n(-c1ccc(C)cc1)c(=O)n2CC(=O)Nc1ccc(C)cc1. The van der Waals surface area contributed by atoms with E-state index in [-0.39, 0.29) is 18.1 Å². The van der Waals surface area contributed by atoms with E-state index in [1.807, 2.05) is 44.4 Å². The highest BCUT2D eigenvalue weighted by molar-refractivity contribution is 8.00. The van der Waals surface area contributed by atoms with Crippen LogP contribution in [0.5, 0.6) is 0 Å². The van der Waals surface area contributed by atoms with Gasteiger partial charge in [0.25, 0.3) is 5.56 Å². The minimum absolute atomic E-state index is 0.228. The van der Waals surface area contributed by atoms with Crippen LogP contribution in [0, 0.1) is 13.8 Å². The highest BCUT2D eigenvalue weighted by Crippen LogP contribution is 2.25. The Morgan fingerprint density at radius 1 is 1.03 bits per heavy atom. The second-order valence-electron chi connectivity index (χ2n) is 7.10. The molecule has 1 N–H and O–H groups in total. The van der Waals surface area contributed by atoms with E-state index in [9.17, 15) is 14.4 Å². The number of anilines is 1. The predicted molar refractivity (Wildman–Crippen MR) is 126 cm³/mol. The molecule has 2 aromatic heterocycles. The molecule has 0 saturated heterocycles. The zero-order valence-electron chi connectivity index (χ0n) is 17.2. The van der Waals surface area contributed by atoms with Gasteiger partial charge in [-0.2, -0.15) is 0 Å². The molecule has 0 aliphatic rings. The predicted octanol–water partition coefficient (Wildman–Crippen LogP) is 3.59. The first-order valence-corrected chi connectivity index (χ1v) is 11.6. The molecule has 4 rings (SSSR count). The summed E-state index contributed by atoms with van der Waals surface area (Å²) in [6.07, 6.45) is 1.85. The zero-order chi connectivity index (χ0) is 22.1. The van der Waals surface area contributed by atoms with E-state index in [0.717, 1.165) is 15.7 Å². The van der Waals surface area contributed by atoms with Crippen molar-refractivity contribution in [3.05, 3.63) is 80.5 Å². The number of aromatic nitrogens is 3. The van der Waals surface area contributed by atoms with E-state index in [0.29, 0.717) is 20.4 Å². The summed E-state index contributed by atoms with van der Waals surface area (Å²) in [5.74, 6) is -0.375. The molecule has 0 saturated carbocycles. The van der Waals surface area contributed by atoms with Crippen LogP contribution >= 0.6 is 23.1 Å². The van der Waals surface area contributed by atoms with Crippen molar-refractivity contribution in [3.63, 3.8) is 0 Å². The Labute approximate surface area is 186 Å². The maximum absolute atomic E-state index is 13.3. The van der Waals surface area contributed by atoms with Crippen LogP contribution in [0.3, 0.4) is 0 Å². The van der Waals surface area contributed by atoms with E-state index < -0.39 is 11.2 Å². The second-order valence-corrected chi connectivity index (χ2v) is 9.15. The van der Waals surface area contributed by atoms with Gasteiger partial charge in [0.05, 0.1) is 5.69 Å². The Morgan fingerprint density at radius 3 is 2.26 bits per heavy atom. The average molecular weight is 453 g/mol. The van der Waals surface area contributed by atoms with Crippen molar-refractivity contribution in [2.24, 2.45) is 0 Å². The minimum Gasteiger partial charge on any atom is -0.325 e. The second kappa shape index (κ2) is 8.52. The van der Waals surface area contributed by atoms with Crippen molar-refractivity contribution in [1.82, 2.24) is 14.1 Å². The lowest BCUT2D eigenvalue weighted by molar-refractivity contribution is -0.116. The normalized spacial score (nSPS) is 11.1. The molecular weight excluding hydrogens is 432 g/mol. The van der Waals surface area contributed by atoms with Gasteiger partial charge >= 0.3 is 5.69 Å². The van der Waals surface area contributed by atoms with E-state index in [4.69, 9.17) is 0 Å². The number of nitrogens with zero attached hydrogens (tertiary/aromatic N) is 3. The number of benzene rings is 2. The minimum atomic E-state index is -0.599. The first-order valence-electron chi connectivity index (χ1n) is 9.51. The maximum Gasteiger partial charge on any atom is 0.337 e. The highest BCUT2D eigenvalue weighted by Gasteiger charge is 2.20. The third-order valence-electron chi connectivity index (χ3n) is 4.77. The van der Waals surface area contributed by atoms with E-state index in [1.165, 1.54) is 27.7 Å². The number of aryl methyl sites for hydroxylation is 2. The molecule has 7 nitrogen and oxygen atoms in total. The lowest BCUT2D eigenvalue weighted by Gasteiger charge is -2.12. The van der Waals surface area contributed by atoms with Gasteiger partial charge in [-0.25, -0.2) is 14.3 Å². The van der Waals surface area contributed by atoms with Gasteiger partial charge in [-0.15, -0.1) is 11.3 Å². The number of thioether (sulfide) groups is 1. The number of carbonyl (C=O) groups excluding carboxylic acids is 1. The number of hydrogen-bond acceptors (Lipinski definition) is 6. The molecule has 0 spiro atoms. The lowest BCUT2D eigenvalue weighted by Crippen LogP contribution is -2.40. The molecule has 0 radical (unpaired) electrons. The molecule has 9 heteroatoms. The Balaban J connectivity index is 1.83. The summed E-state index contributed by atoms with van der Waals surface area (Å²) in [5, 5.41) is 2.80. The Bertz CT molecular complexity index is 1380. The molecule has 2 aromatic carbocycles. The summed E-state index contributed by atoms with van der Waals surface area (Å²) in [6.45, 7) is 3.63. The third-order valence-corrected chi connectivity index (χ3v) is 6.79. The van der Waals surface area contributed by atoms with Crippen LogP contribution in [0.2, 0.25) is 0 Å². The van der Waals surface area contributed by atoms with Crippen molar-refractivity contribution in [2.75, 3.05) is 11.6 Å². The molecule has 0 atom stereocenters. The summed E-state index contributed by atoms with van der Waals surface area (Å²) < 4.78 is 3.35. The largest absolute Gasteiger partial charge is 0.337 e. The smallest absolute Gasteiger partial charge is 0.325 e. The van der Waals surface area contributed by atoms with E-state index in [1.54, 1.807) is 24.3 Å². The van der Waals surface area contributed by atoms with Gasteiger partial charge in [0.2, 0.25) is 5.91 Å². The van der Waals surface area contributed by atoms with Gasteiger partial charge in [-0.3, -0.25) is 14.2 Å². The van der Waals surface area contributed by atoms with Crippen molar-refractivity contribution in [3.8, 4) is 5.69 Å². The number of rotatable bonds is 5. The van der Waals surface area contributed by atoms with Gasteiger partial charge in [0.15, 0.2) is 9.99 Å². The van der Waals surface area contributed by atoms with Crippen molar-refractivity contribution < 1.29 is 4.79 Å². The summed E-state index contributed by atoms with van der Waals surface area (Å²) in [6, 6.07) is 14.5. The Morgan fingerprint density at radius 2 is 1.65 bits per heavy atom. The zero-order valence-corrected chi connectivity index (χ0v) is 18.8. The van der Waals surface area contributed by atoms with Crippen LogP contribution in [0.25, 0.3) is 16.0 Å². The van der Waals surface area contributed by atoms with Crippen molar-refractivity contribution >= 4 is 45.0 Å². The van der Waals surface area contributed by atoms with Gasteiger partial charge in [-0.1, -0.05) is 47.2 Å². The summed E-state index contributed by atoms with van der Waals surface area (Å²) in [4.78, 5) is 43.6. The van der Waals surface area contributed by atoms with Gasteiger partial charge in [0.1, 0.15) is 11.2 Å². The maximum atomic E-state index is 13.3. The van der Waals surface area contributed by atoms with E-state index in [2.05, 4.69) is 10.3 Å². The Kier molecular flexibility index (Phi) is 5.79. The lowest BCUT2D eigenvalue weighted by atomic mass is 10.2. The molecule has 0 bridgehead atoms. The Hall–Kier alpha value is -3.17. The van der Waals surface area contributed by atoms with Crippen LogP contribution in [0.1, 0.15) is 11.1 Å². The van der Waals surface area contributed by atoms with Crippen LogP contribution in [0.4, 0.5) is 5.69 Å². The molecule has 0 fully saturated rings. The summed E-state index contributed by atoms with van der Waals surface area (Å²) in [7, 11) is 0. The van der Waals surface area contributed by atoms with Gasteiger partial charge in [0, 0.05) is 5.69 Å². The third kappa shape index (κ3) is 4.19. The molecule has 31 heavy (non-hydrogen) atoms. The van der Waals surface area contributed by atoms with Gasteiger partial charge < -0.3 is 5.32 Å². The number of carbonyl (C=O) groups is 1. The monoisotopic (exact) mass is 452 g/mol. The standard InChI is InChI=1S/C22H20N4O3S2/c1-13-4-8-15(9-5-13)23-17(27)12-25-19-18(31-21(24-19)30-3)20(28)26(22(25)29)16-10-6-14(2)7-11-16/h4-11H,12H2,1-3H3,(H,23,27). The van der Waals surface area contributed by atoms with Gasteiger partial charge in [-0.05, 0) is 44.4 Å². The van der Waals surface area contributed by atoms with Crippen LogP contribution < -0.4 is 16.6 Å². The molecule has 2 heterocycles. The molecular formula is C22H20N4O3S2. The van der Waals surface area contributed by atoms with Crippen molar-refractivity contribution in [1.29, 1.82) is 0 Å². The number of nitrogens with one attached hydrogen (secondary N) is 1. The van der Waals surface area contributed by atoms with Crippen LogP contribution in [-0.2, 0) is 11.3 Å². The molecule has 0 aliphatic carbocycles. The first-order chi connectivity index (χ1) is 14.9. The average Bonchev–Trinajstić information content (AvgIpc) is 3.19. The van der Waals surface area contributed by atoms with Crippen LogP contribution in [-0.4, -0.2) is 26.3 Å². The fraction of sp³-hybridized carbons (Fsp3) is 0.182. The first kappa shape index (κ1) is 21.1. The number of thiazole rings is 1. The summed E-state index contributed by atoms with van der Waals surface area (Å²) >= 11 is 2.61. The number of amides is 1. The highest BCUT2D eigenvalue weighted by atomic mass is 32.2. The molecule has 158 valence electrons. The molecule has 4 aromatic rings. The molecule has 0 aliphatic heterocycles. The fourth-order valence-corrected chi connectivity index (χ4v) is 4.64. The molecule has 1 amide bonds. The number of fused-ring (bicyclic) bond motifs is 1. The summed E-state index contributed by atoms with van der Waals surface area (Å²) in [5.41, 5.74) is 2.37. The fourth-order valence-electron chi connectivity index (χ4n) is 3.15. The topological polar surface area (TPSA) is 86.0 Å². The van der Waals surface area contributed by atoms with E-state index >= 15 is 0 Å². The van der Waals surface area contributed by atoms with Crippen LogP contribution in [0.15, 0.2) is 62.5 Å². The quantitative estimate of drug-likeness (QED) is 0.468.